The van der Waals surface area contributed by atoms with Crippen LogP contribution in [0.2, 0.25) is 0 Å². The van der Waals surface area contributed by atoms with Gasteiger partial charge in [0.05, 0.1) is 12.7 Å². The Hall–Kier alpha value is 0.310. The molecule has 80 valence electrons. The van der Waals surface area contributed by atoms with Crippen molar-refractivity contribution in [3.05, 3.63) is 0 Å². The maximum absolute atomic E-state index is 8.77. The second-order valence-electron chi connectivity index (χ2n) is 3.21. The number of aliphatic hydroxyl groups is 2. The van der Waals surface area contributed by atoms with Crippen molar-refractivity contribution in [1.82, 2.24) is 0 Å². The van der Waals surface area contributed by atoms with E-state index in [-0.39, 0.29) is 27.2 Å². The minimum absolute atomic E-state index is 0.217. The van der Waals surface area contributed by atoms with Gasteiger partial charge in [-0.15, -0.1) is 0 Å². The topological polar surface area (TPSA) is 49.7 Å². The summed E-state index contributed by atoms with van der Waals surface area (Å²) in [5, 5.41) is 17.5. The van der Waals surface area contributed by atoms with E-state index in [0.717, 1.165) is 25.1 Å². The van der Waals surface area contributed by atoms with Crippen LogP contribution in [0, 0.1) is 0 Å². The van der Waals surface area contributed by atoms with E-state index in [1.54, 1.807) is 0 Å². The molecule has 0 rings (SSSR count). The molecular formula is C9H21O3P. The summed E-state index contributed by atoms with van der Waals surface area (Å²) in [4.78, 5) is 0. The lowest BCUT2D eigenvalue weighted by molar-refractivity contribution is 0.0915. The van der Waals surface area contributed by atoms with Crippen molar-refractivity contribution in [2.45, 2.75) is 20.0 Å². The van der Waals surface area contributed by atoms with Crippen molar-refractivity contribution in [3.8, 4) is 0 Å². The smallest absolute Gasteiger partial charge is 0.0519 e. The van der Waals surface area contributed by atoms with Gasteiger partial charge in [0, 0.05) is 13.2 Å². The van der Waals surface area contributed by atoms with E-state index >= 15 is 0 Å². The zero-order chi connectivity index (χ0) is 10.1. The molecule has 3 nitrogen and oxygen atoms in total. The SMILES string of the molecule is CC(C)OCCP(CCO)CCO. The zero-order valence-corrected chi connectivity index (χ0v) is 9.46. The Balaban J connectivity index is 3.44. The summed E-state index contributed by atoms with van der Waals surface area (Å²) in [7, 11) is -0.217. The minimum Gasteiger partial charge on any atom is -0.396 e. The Morgan fingerprint density at radius 2 is 1.62 bits per heavy atom. The molecule has 0 aromatic heterocycles. The first-order valence-electron chi connectivity index (χ1n) is 4.76. The summed E-state index contributed by atoms with van der Waals surface area (Å²) < 4.78 is 5.42. The molecular weight excluding hydrogens is 187 g/mol. The molecule has 0 saturated heterocycles. The molecule has 0 saturated carbocycles. The van der Waals surface area contributed by atoms with Crippen LogP contribution in [0.5, 0.6) is 0 Å². The molecule has 4 heteroatoms. The molecule has 0 aliphatic rings. The average Bonchev–Trinajstić information content (AvgIpc) is 2.04. The minimum atomic E-state index is -0.217. The number of rotatable bonds is 8. The van der Waals surface area contributed by atoms with Gasteiger partial charge in [-0.3, -0.25) is 0 Å². The molecule has 0 atom stereocenters. The molecule has 0 aliphatic heterocycles. The summed E-state index contributed by atoms with van der Waals surface area (Å²) in [5.41, 5.74) is 0. The fraction of sp³-hybridized carbons (Fsp3) is 1.00. The zero-order valence-electron chi connectivity index (χ0n) is 8.57. The third-order valence-corrected chi connectivity index (χ3v) is 4.17. The van der Waals surface area contributed by atoms with Crippen LogP contribution in [0.25, 0.3) is 0 Å². The van der Waals surface area contributed by atoms with Gasteiger partial charge in [-0.2, -0.15) is 0 Å². The summed E-state index contributed by atoms with van der Waals surface area (Å²) in [5.74, 6) is 0. The fourth-order valence-electron chi connectivity index (χ4n) is 1.04. The molecule has 0 aliphatic carbocycles. The van der Waals surface area contributed by atoms with E-state index < -0.39 is 0 Å². The van der Waals surface area contributed by atoms with Crippen molar-refractivity contribution < 1.29 is 14.9 Å². The Labute approximate surface area is 81.9 Å². The lowest BCUT2D eigenvalue weighted by Crippen LogP contribution is -2.10. The lowest BCUT2D eigenvalue weighted by Gasteiger charge is -2.16. The van der Waals surface area contributed by atoms with Gasteiger partial charge < -0.3 is 14.9 Å². The normalized spacial score (nSPS) is 11.5. The highest BCUT2D eigenvalue weighted by Crippen LogP contribution is 2.33. The van der Waals surface area contributed by atoms with Gasteiger partial charge in [0.2, 0.25) is 0 Å². The van der Waals surface area contributed by atoms with Gasteiger partial charge in [-0.1, -0.05) is 7.92 Å². The van der Waals surface area contributed by atoms with Gasteiger partial charge in [-0.05, 0) is 32.3 Å². The third-order valence-electron chi connectivity index (χ3n) is 1.69. The molecule has 0 heterocycles. The van der Waals surface area contributed by atoms with Crippen LogP contribution in [0.3, 0.4) is 0 Å². The standard InChI is InChI=1S/C9H21O3P/c1-9(2)12-5-8-13(6-3-10)7-4-11/h9-11H,3-8H2,1-2H3. The highest BCUT2D eigenvalue weighted by atomic mass is 31.1. The van der Waals surface area contributed by atoms with Crippen LogP contribution >= 0.6 is 7.92 Å². The van der Waals surface area contributed by atoms with Crippen LogP contribution < -0.4 is 0 Å². The van der Waals surface area contributed by atoms with E-state index in [1.807, 2.05) is 13.8 Å². The summed E-state index contributed by atoms with van der Waals surface area (Å²) in [6.07, 6.45) is 2.93. The van der Waals surface area contributed by atoms with E-state index in [1.165, 1.54) is 0 Å². The summed E-state index contributed by atoms with van der Waals surface area (Å²) in [6, 6.07) is 0. The Morgan fingerprint density at radius 3 is 2.00 bits per heavy atom. The van der Waals surface area contributed by atoms with Crippen LogP contribution in [0.15, 0.2) is 0 Å². The molecule has 13 heavy (non-hydrogen) atoms. The number of hydrogen-bond acceptors (Lipinski definition) is 3. The monoisotopic (exact) mass is 208 g/mol. The predicted octanol–water partition coefficient (Wildman–Crippen LogP) is 0.878. The molecule has 0 spiro atoms. The Morgan fingerprint density at radius 1 is 1.08 bits per heavy atom. The molecule has 0 aromatic rings. The highest BCUT2D eigenvalue weighted by Gasteiger charge is 2.06. The summed E-state index contributed by atoms with van der Waals surface area (Å²) >= 11 is 0. The van der Waals surface area contributed by atoms with E-state index in [9.17, 15) is 0 Å². The maximum Gasteiger partial charge on any atom is 0.0519 e. The van der Waals surface area contributed by atoms with Crippen LogP contribution in [-0.2, 0) is 4.74 Å². The first-order valence-corrected chi connectivity index (χ1v) is 6.66. The second kappa shape index (κ2) is 8.89. The number of aliphatic hydroxyl groups excluding tert-OH is 2. The van der Waals surface area contributed by atoms with Gasteiger partial charge in [0.25, 0.3) is 0 Å². The maximum atomic E-state index is 8.77. The number of ether oxygens (including phenoxy) is 1. The Bertz CT molecular complexity index is 103. The molecule has 0 aromatic carbocycles. The fourth-order valence-corrected chi connectivity index (χ4v) is 2.64. The molecule has 2 N–H and O–H groups in total. The van der Waals surface area contributed by atoms with Crippen molar-refractivity contribution in [1.29, 1.82) is 0 Å². The molecule has 0 amide bonds. The molecule has 0 fully saturated rings. The first-order chi connectivity index (χ1) is 6.20. The highest BCUT2D eigenvalue weighted by molar-refractivity contribution is 7.57. The third kappa shape index (κ3) is 8.63. The quantitative estimate of drug-likeness (QED) is 0.582. The largest absolute Gasteiger partial charge is 0.396 e. The van der Waals surface area contributed by atoms with E-state index in [2.05, 4.69) is 0 Å². The van der Waals surface area contributed by atoms with Crippen molar-refractivity contribution in [2.24, 2.45) is 0 Å². The van der Waals surface area contributed by atoms with Crippen molar-refractivity contribution in [2.75, 3.05) is 38.3 Å². The van der Waals surface area contributed by atoms with Gasteiger partial charge >= 0.3 is 0 Å². The van der Waals surface area contributed by atoms with Crippen molar-refractivity contribution in [3.63, 3.8) is 0 Å². The van der Waals surface area contributed by atoms with Crippen LogP contribution in [-0.4, -0.2) is 54.6 Å². The van der Waals surface area contributed by atoms with Gasteiger partial charge in [0.1, 0.15) is 0 Å². The second-order valence-corrected chi connectivity index (χ2v) is 5.89. The first kappa shape index (κ1) is 13.3. The molecule has 0 radical (unpaired) electrons. The Kier molecular flexibility index (Phi) is 9.10. The number of hydrogen-bond donors (Lipinski definition) is 2. The lowest BCUT2D eigenvalue weighted by atomic mass is 10.5. The van der Waals surface area contributed by atoms with Gasteiger partial charge in [-0.25, -0.2) is 0 Å². The van der Waals surface area contributed by atoms with Gasteiger partial charge in [0.15, 0.2) is 0 Å². The molecule has 0 bridgehead atoms. The average molecular weight is 208 g/mol. The summed E-state index contributed by atoms with van der Waals surface area (Å²) in [6.45, 7) is 5.24. The predicted molar refractivity (Wildman–Crippen MR) is 56.8 cm³/mol. The van der Waals surface area contributed by atoms with Crippen LogP contribution in [0.4, 0.5) is 0 Å². The van der Waals surface area contributed by atoms with Crippen molar-refractivity contribution >= 4 is 7.92 Å². The van der Waals surface area contributed by atoms with Crippen LogP contribution in [0.1, 0.15) is 13.8 Å². The molecule has 0 unspecified atom stereocenters. The van der Waals surface area contributed by atoms with E-state index in [4.69, 9.17) is 14.9 Å². The van der Waals surface area contributed by atoms with E-state index in [0.29, 0.717) is 0 Å².